The summed E-state index contributed by atoms with van der Waals surface area (Å²) in [6, 6.07) is 2.40. The van der Waals surface area contributed by atoms with E-state index in [1.54, 1.807) is 0 Å². The highest BCUT2D eigenvalue weighted by Crippen LogP contribution is 2.21. The lowest BCUT2D eigenvalue weighted by Crippen LogP contribution is -2.34. The van der Waals surface area contributed by atoms with Gasteiger partial charge in [-0.15, -0.1) is 0 Å². The number of esters is 1. The number of hydrogen-bond acceptors (Lipinski definition) is 5. The highest BCUT2D eigenvalue weighted by molar-refractivity contribution is 7.86. The van der Waals surface area contributed by atoms with Crippen LogP contribution in [-0.2, 0) is 14.9 Å². The van der Waals surface area contributed by atoms with Gasteiger partial charge in [0.25, 0.3) is 0 Å². The topological polar surface area (TPSA) is 93.6 Å². The molecule has 0 aliphatic heterocycles. The third-order valence-corrected chi connectivity index (χ3v) is 2.54. The molecule has 94 valence electrons. The van der Waals surface area contributed by atoms with Gasteiger partial charge in [-0.2, -0.15) is 17.2 Å². The molecule has 0 fully saturated rings. The molecule has 0 unspecified atom stereocenters. The third kappa shape index (κ3) is 3.43. The van der Waals surface area contributed by atoms with Crippen LogP contribution in [-0.4, -0.2) is 35.8 Å². The zero-order valence-corrected chi connectivity index (χ0v) is 9.02. The Morgan fingerprint density at radius 3 is 2.41 bits per heavy atom. The Kier molecular flexibility index (Phi) is 3.73. The summed E-state index contributed by atoms with van der Waals surface area (Å²) in [5.74, 6) is -1.14. The molecule has 1 N–H and O–H groups in total. The molecule has 17 heavy (non-hydrogen) atoms. The molecule has 0 aliphatic rings. The van der Waals surface area contributed by atoms with Crippen LogP contribution in [0.15, 0.2) is 24.5 Å². The number of hydrogen-bond donors (Lipinski definition) is 1. The lowest BCUT2D eigenvalue weighted by atomic mass is 10.3. The Morgan fingerprint density at radius 2 is 1.94 bits per heavy atom. The average Bonchev–Trinajstić information content (AvgIpc) is 2.25. The summed E-state index contributed by atoms with van der Waals surface area (Å²) in [4.78, 5) is 14.7. The number of rotatable bonds is 4. The molecule has 0 atom stereocenters. The molecule has 0 amide bonds. The van der Waals surface area contributed by atoms with E-state index in [9.17, 15) is 22.0 Å². The summed E-state index contributed by atoms with van der Waals surface area (Å²) in [5, 5.41) is -4.53. The number of ether oxygens (including phenoxy) is 1. The molecule has 0 aromatic carbocycles. The zero-order valence-electron chi connectivity index (χ0n) is 8.21. The molecule has 0 saturated carbocycles. The molecule has 9 heteroatoms. The smallest absolute Gasteiger partial charge is 0.402 e. The van der Waals surface area contributed by atoms with E-state index in [4.69, 9.17) is 4.55 Å². The number of carbonyl (C=O) groups excluding carboxylic acids is 1. The standard InChI is InChI=1S/C8H7F2NO5S/c9-8(10,17(13,14)15)5-16-7(12)6-1-3-11-4-2-6/h1-4H,5H2,(H,13,14,15). The summed E-state index contributed by atoms with van der Waals surface area (Å²) in [6.45, 7) is -1.76. The molecule has 1 heterocycles. The fourth-order valence-corrected chi connectivity index (χ4v) is 1.00. The van der Waals surface area contributed by atoms with Crippen LogP contribution in [0.1, 0.15) is 10.4 Å². The van der Waals surface area contributed by atoms with Crippen molar-refractivity contribution in [3.8, 4) is 0 Å². The Labute approximate surface area is 95.0 Å². The summed E-state index contributed by atoms with van der Waals surface area (Å²) in [7, 11) is -5.60. The Morgan fingerprint density at radius 1 is 1.41 bits per heavy atom. The molecule has 0 saturated heterocycles. The van der Waals surface area contributed by atoms with Crippen molar-refractivity contribution >= 4 is 16.1 Å². The van der Waals surface area contributed by atoms with E-state index in [1.165, 1.54) is 24.5 Å². The average molecular weight is 267 g/mol. The number of nitrogens with zero attached hydrogens (tertiary/aromatic N) is 1. The normalized spacial score (nSPS) is 12.2. The van der Waals surface area contributed by atoms with Gasteiger partial charge in [-0.25, -0.2) is 4.79 Å². The van der Waals surface area contributed by atoms with E-state index in [0.717, 1.165) is 0 Å². The lowest BCUT2D eigenvalue weighted by molar-refractivity contribution is -0.00951. The first-order chi connectivity index (χ1) is 7.74. The minimum atomic E-state index is -5.60. The van der Waals surface area contributed by atoms with E-state index in [0.29, 0.717) is 0 Å². The highest BCUT2D eigenvalue weighted by atomic mass is 32.2. The molecule has 0 spiro atoms. The van der Waals surface area contributed by atoms with Crippen molar-refractivity contribution in [3.63, 3.8) is 0 Å². The minimum Gasteiger partial charge on any atom is -0.454 e. The summed E-state index contributed by atoms with van der Waals surface area (Å²) in [6.07, 6.45) is 2.47. The summed E-state index contributed by atoms with van der Waals surface area (Å²) >= 11 is 0. The van der Waals surface area contributed by atoms with Crippen LogP contribution in [0, 0.1) is 0 Å². The van der Waals surface area contributed by atoms with Crippen molar-refractivity contribution in [2.45, 2.75) is 5.25 Å². The second-order valence-electron chi connectivity index (χ2n) is 2.92. The molecule has 1 aromatic rings. The SMILES string of the molecule is O=C(OCC(F)(F)S(=O)(=O)O)c1ccncc1. The van der Waals surface area contributed by atoms with Gasteiger partial charge in [0, 0.05) is 12.4 Å². The van der Waals surface area contributed by atoms with Gasteiger partial charge in [0.2, 0.25) is 0 Å². The Bertz CT molecular complexity index is 502. The quantitative estimate of drug-likeness (QED) is 0.638. The Hall–Kier alpha value is -1.61. The van der Waals surface area contributed by atoms with Crippen molar-refractivity contribution in [1.82, 2.24) is 4.98 Å². The van der Waals surface area contributed by atoms with E-state index in [-0.39, 0.29) is 5.56 Å². The van der Waals surface area contributed by atoms with Gasteiger partial charge < -0.3 is 4.74 Å². The van der Waals surface area contributed by atoms with Crippen LogP contribution >= 0.6 is 0 Å². The van der Waals surface area contributed by atoms with Crippen molar-refractivity contribution in [3.05, 3.63) is 30.1 Å². The van der Waals surface area contributed by atoms with Gasteiger partial charge >= 0.3 is 21.3 Å². The van der Waals surface area contributed by atoms with Crippen LogP contribution in [0.3, 0.4) is 0 Å². The maximum absolute atomic E-state index is 12.7. The second kappa shape index (κ2) is 4.72. The van der Waals surface area contributed by atoms with E-state index in [2.05, 4.69) is 9.72 Å². The van der Waals surface area contributed by atoms with Crippen molar-refractivity contribution in [2.75, 3.05) is 6.61 Å². The number of carbonyl (C=O) groups is 1. The maximum atomic E-state index is 12.7. The molecule has 0 radical (unpaired) electrons. The van der Waals surface area contributed by atoms with Gasteiger partial charge in [-0.1, -0.05) is 0 Å². The Balaban J connectivity index is 2.67. The van der Waals surface area contributed by atoms with Gasteiger partial charge in [0.1, 0.15) is 0 Å². The number of pyridine rings is 1. The predicted octanol–water partition coefficient (Wildman–Crippen LogP) is 0.719. The third-order valence-electron chi connectivity index (χ3n) is 1.66. The monoisotopic (exact) mass is 267 g/mol. The minimum absolute atomic E-state index is 0.0638. The molecule has 6 nitrogen and oxygen atoms in total. The van der Waals surface area contributed by atoms with Crippen molar-refractivity contribution in [1.29, 1.82) is 0 Å². The second-order valence-corrected chi connectivity index (χ2v) is 4.47. The molecular weight excluding hydrogens is 260 g/mol. The predicted molar refractivity (Wildman–Crippen MR) is 51.0 cm³/mol. The summed E-state index contributed by atoms with van der Waals surface area (Å²) < 4.78 is 58.0. The largest absolute Gasteiger partial charge is 0.454 e. The zero-order chi connectivity index (χ0) is 13.1. The van der Waals surface area contributed by atoms with Gasteiger partial charge in [-0.05, 0) is 12.1 Å². The number of halogens is 2. The highest BCUT2D eigenvalue weighted by Gasteiger charge is 2.45. The lowest BCUT2D eigenvalue weighted by Gasteiger charge is -2.12. The molecular formula is C8H7F2NO5S. The van der Waals surface area contributed by atoms with Gasteiger partial charge in [-0.3, -0.25) is 9.54 Å². The molecule has 1 rings (SSSR count). The molecule has 0 aliphatic carbocycles. The van der Waals surface area contributed by atoms with Gasteiger partial charge in [0.15, 0.2) is 6.61 Å². The van der Waals surface area contributed by atoms with Crippen LogP contribution in [0.5, 0.6) is 0 Å². The molecule has 0 bridgehead atoms. The van der Waals surface area contributed by atoms with E-state index >= 15 is 0 Å². The number of aromatic nitrogens is 1. The maximum Gasteiger partial charge on any atom is 0.402 e. The van der Waals surface area contributed by atoms with Crippen molar-refractivity contribution in [2.24, 2.45) is 0 Å². The first kappa shape index (κ1) is 13.5. The van der Waals surface area contributed by atoms with Crippen LogP contribution in [0.25, 0.3) is 0 Å². The van der Waals surface area contributed by atoms with E-state index in [1.807, 2.05) is 0 Å². The first-order valence-electron chi connectivity index (χ1n) is 4.16. The van der Waals surface area contributed by atoms with E-state index < -0.39 is 27.9 Å². The number of alkyl halides is 2. The fourth-order valence-electron chi connectivity index (χ4n) is 0.795. The van der Waals surface area contributed by atoms with Crippen LogP contribution in [0.2, 0.25) is 0 Å². The fraction of sp³-hybridized carbons (Fsp3) is 0.250. The first-order valence-corrected chi connectivity index (χ1v) is 5.60. The van der Waals surface area contributed by atoms with Gasteiger partial charge in [0.05, 0.1) is 5.56 Å². The van der Waals surface area contributed by atoms with Crippen LogP contribution < -0.4 is 0 Å². The summed E-state index contributed by atoms with van der Waals surface area (Å²) in [5.41, 5.74) is -0.0638. The molecule has 1 aromatic heterocycles. The van der Waals surface area contributed by atoms with Crippen molar-refractivity contribution < 1.29 is 31.3 Å². The van der Waals surface area contributed by atoms with Crippen LogP contribution in [0.4, 0.5) is 8.78 Å².